The van der Waals surface area contributed by atoms with Gasteiger partial charge in [0.05, 0.1) is 6.54 Å². The normalized spacial score (nSPS) is 26.4. The molecule has 5 heteroatoms. The monoisotopic (exact) mass is 293 g/mol. The Morgan fingerprint density at radius 3 is 2.57 bits per heavy atom. The Labute approximate surface area is 128 Å². The second-order valence-corrected chi connectivity index (χ2v) is 6.29. The Morgan fingerprint density at radius 1 is 1.33 bits per heavy atom. The van der Waals surface area contributed by atoms with Gasteiger partial charge < -0.3 is 5.73 Å². The molecule has 1 saturated carbocycles. The lowest BCUT2D eigenvalue weighted by atomic mass is 9.74. The molecule has 5 nitrogen and oxygen atoms in total. The number of hydrogen-bond donors (Lipinski definition) is 1. The number of rotatable bonds is 7. The van der Waals surface area contributed by atoms with Crippen LogP contribution in [0.15, 0.2) is 6.33 Å². The van der Waals surface area contributed by atoms with E-state index in [2.05, 4.69) is 35.8 Å². The molecule has 120 valence electrons. The molecule has 0 saturated heterocycles. The zero-order valence-corrected chi connectivity index (χ0v) is 13.9. The molecule has 0 unspecified atom stereocenters. The minimum absolute atomic E-state index is 0.158. The quantitative estimate of drug-likeness (QED) is 0.838. The average Bonchev–Trinajstić information content (AvgIpc) is 3.00. The van der Waals surface area contributed by atoms with Gasteiger partial charge in [-0.2, -0.15) is 5.10 Å². The summed E-state index contributed by atoms with van der Waals surface area (Å²) in [6.07, 6.45) is 8.02. The number of likely N-dealkylation sites (N-methyl/N-ethyl adjacent to an activating group) is 1. The second kappa shape index (κ2) is 7.36. The van der Waals surface area contributed by atoms with Crippen LogP contribution in [0.5, 0.6) is 0 Å². The standard InChI is InChI=1S/C16H31N5/c1-4-14-7-9-16(12-17,10-8-14)20(5-2)11-15-18-13-19-21(15)6-3/h13-14H,4-12,17H2,1-3H3. The van der Waals surface area contributed by atoms with Crippen LogP contribution in [0.3, 0.4) is 0 Å². The van der Waals surface area contributed by atoms with E-state index in [-0.39, 0.29) is 5.54 Å². The smallest absolute Gasteiger partial charge is 0.141 e. The third-order valence-electron chi connectivity index (χ3n) is 5.37. The van der Waals surface area contributed by atoms with E-state index in [1.807, 2.05) is 4.68 Å². The minimum atomic E-state index is 0.158. The van der Waals surface area contributed by atoms with Crippen molar-refractivity contribution in [2.75, 3.05) is 13.1 Å². The van der Waals surface area contributed by atoms with E-state index in [0.717, 1.165) is 37.9 Å². The van der Waals surface area contributed by atoms with E-state index in [1.54, 1.807) is 6.33 Å². The first-order valence-corrected chi connectivity index (χ1v) is 8.50. The van der Waals surface area contributed by atoms with Gasteiger partial charge in [0.1, 0.15) is 12.2 Å². The average molecular weight is 293 g/mol. The summed E-state index contributed by atoms with van der Waals surface area (Å²) in [7, 11) is 0. The fourth-order valence-corrected chi connectivity index (χ4v) is 3.73. The van der Waals surface area contributed by atoms with E-state index >= 15 is 0 Å². The number of hydrogen-bond acceptors (Lipinski definition) is 4. The van der Waals surface area contributed by atoms with E-state index in [9.17, 15) is 0 Å². The molecule has 0 amide bonds. The molecule has 0 bridgehead atoms. The second-order valence-electron chi connectivity index (χ2n) is 6.29. The Kier molecular flexibility index (Phi) is 5.76. The van der Waals surface area contributed by atoms with Crippen LogP contribution in [0, 0.1) is 5.92 Å². The van der Waals surface area contributed by atoms with Crippen molar-refractivity contribution in [2.24, 2.45) is 11.7 Å². The van der Waals surface area contributed by atoms with Gasteiger partial charge in [-0.15, -0.1) is 0 Å². The number of aromatic nitrogens is 3. The first kappa shape index (κ1) is 16.4. The third kappa shape index (κ3) is 3.46. The van der Waals surface area contributed by atoms with Gasteiger partial charge in [0.25, 0.3) is 0 Å². The zero-order valence-electron chi connectivity index (χ0n) is 13.9. The van der Waals surface area contributed by atoms with Crippen molar-refractivity contribution in [1.29, 1.82) is 0 Å². The van der Waals surface area contributed by atoms with Gasteiger partial charge >= 0.3 is 0 Å². The van der Waals surface area contributed by atoms with E-state index < -0.39 is 0 Å². The molecule has 2 N–H and O–H groups in total. The first-order valence-electron chi connectivity index (χ1n) is 8.50. The zero-order chi connectivity index (χ0) is 15.3. The van der Waals surface area contributed by atoms with Gasteiger partial charge in [-0.05, 0) is 45.1 Å². The highest BCUT2D eigenvalue weighted by Gasteiger charge is 2.38. The van der Waals surface area contributed by atoms with Crippen LogP contribution in [0.1, 0.15) is 58.7 Å². The molecule has 1 aromatic rings. The van der Waals surface area contributed by atoms with Crippen molar-refractivity contribution in [3.8, 4) is 0 Å². The van der Waals surface area contributed by atoms with Crippen LogP contribution in [0.25, 0.3) is 0 Å². The van der Waals surface area contributed by atoms with Gasteiger partial charge in [-0.3, -0.25) is 4.90 Å². The fourth-order valence-electron chi connectivity index (χ4n) is 3.73. The van der Waals surface area contributed by atoms with Crippen molar-refractivity contribution < 1.29 is 0 Å². The van der Waals surface area contributed by atoms with E-state index in [0.29, 0.717) is 0 Å². The lowest BCUT2D eigenvalue weighted by Gasteiger charge is -2.47. The van der Waals surface area contributed by atoms with Crippen molar-refractivity contribution >= 4 is 0 Å². The molecule has 1 heterocycles. The summed E-state index contributed by atoms with van der Waals surface area (Å²) in [5.74, 6) is 1.95. The highest BCUT2D eigenvalue weighted by Crippen LogP contribution is 2.37. The summed E-state index contributed by atoms with van der Waals surface area (Å²) in [4.78, 5) is 6.97. The molecule has 0 aromatic carbocycles. The van der Waals surface area contributed by atoms with E-state index in [4.69, 9.17) is 5.73 Å². The minimum Gasteiger partial charge on any atom is -0.329 e. The van der Waals surface area contributed by atoms with Gasteiger partial charge in [0.2, 0.25) is 0 Å². The van der Waals surface area contributed by atoms with Gasteiger partial charge in [0, 0.05) is 18.6 Å². The van der Waals surface area contributed by atoms with Crippen LogP contribution >= 0.6 is 0 Å². The van der Waals surface area contributed by atoms with Gasteiger partial charge in [-0.25, -0.2) is 9.67 Å². The summed E-state index contributed by atoms with van der Waals surface area (Å²) in [5, 5.41) is 4.29. The summed E-state index contributed by atoms with van der Waals surface area (Å²) in [6, 6.07) is 0. The Bertz CT molecular complexity index is 420. The maximum Gasteiger partial charge on any atom is 0.141 e. The van der Waals surface area contributed by atoms with Crippen LogP contribution in [0.2, 0.25) is 0 Å². The molecular weight excluding hydrogens is 262 g/mol. The number of nitrogens with two attached hydrogens (primary N) is 1. The molecule has 0 aliphatic heterocycles. The molecule has 1 aliphatic rings. The molecule has 1 aromatic heterocycles. The summed E-state index contributed by atoms with van der Waals surface area (Å²) >= 11 is 0. The SMILES string of the molecule is CCC1CCC(CN)(N(CC)Cc2ncnn2CC)CC1. The van der Waals surface area contributed by atoms with Crippen LogP contribution in [-0.4, -0.2) is 38.3 Å². The molecule has 0 atom stereocenters. The third-order valence-corrected chi connectivity index (χ3v) is 5.37. The van der Waals surface area contributed by atoms with Crippen LogP contribution in [-0.2, 0) is 13.1 Å². The molecular formula is C16H31N5. The Hall–Kier alpha value is -0.940. The topological polar surface area (TPSA) is 60.0 Å². The van der Waals surface area contributed by atoms with Gasteiger partial charge in [-0.1, -0.05) is 20.3 Å². The molecule has 2 rings (SSSR count). The Balaban J connectivity index is 2.11. The van der Waals surface area contributed by atoms with Gasteiger partial charge in [0.15, 0.2) is 0 Å². The predicted molar refractivity (Wildman–Crippen MR) is 85.8 cm³/mol. The maximum absolute atomic E-state index is 6.22. The highest BCUT2D eigenvalue weighted by molar-refractivity contribution is 4.98. The molecule has 0 spiro atoms. The largest absolute Gasteiger partial charge is 0.329 e. The van der Waals surface area contributed by atoms with Crippen molar-refractivity contribution in [2.45, 2.75) is 71.5 Å². The van der Waals surface area contributed by atoms with Crippen molar-refractivity contribution in [3.63, 3.8) is 0 Å². The summed E-state index contributed by atoms with van der Waals surface area (Å²) < 4.78 is 1.99. The van der Waals surface area contributed by atoms with Crippen molar-refractivity contribution in [1.82, 2.24) is 19.7 Å². The van der Waals surface area contributed by atoms with Crippen LogP contribution in [0.4, 0.5) is 0 Å². The maximum atomic E-state index is 6.22. The molecule has 1 fully saturated rings. The number of nitrogens with zero attached hydrogens (tertiary/aromatic N) is 4. The predicted octanol–water partition coefficient (Wildman–Crippen LogP) is 2.42. The summed E-state index contributed by atoms with van der Waals surface area (Å²) in [6.45, 7) is 10.2. The molecule has 1 aliphatic carbocycles. The number of aryl methyl sites for hydroxylation is 1. The lowest BCUT2D eigenvalue weighted by Crippen LogP contribution is -2.55. The fraction of sp³-hybridized carbons (Fsp3) is 0.875. The van der Waals surface area contributed by atoms with Crippen LogP contribution < -0.4 is 5.73 Å². The first-order chi connectivity index (χ1) is 10.2. The van der Waals surface area contributed by atoms with E-state index in [1.165, 1.54) is 32.1 Å². The lowest BCUT2D eigenvalue weighted by molar-refractivity contribution is 0.0362. The Morgan fingerprint density at radius 2 is 2.05 bits per heavy atom. The molecule has 0 radical (unpaired) electrons. The molecule has 21 heavy (non-hydrogen) atoms. The summed E-state index contributed by atoms with van der Waals surface area (Å²) in [5.41, 5.74) is 6.37. The van der Waals surface area contributed by atoms with Crippen molar-refractivity contribution in [3.05, 3.63) is 12.2 Å². The highest BCUT2D eigenvalue weighted by atomic mass is 15.4.